The molecule has 1 nitrogen and oxygen atoms in total. The first-order valence-corrected chi connectivity index (χ1v) is 12.8. The molecule has 0 heterocycles. The van der Waals surface area contributed by atoms with Crippen molar-refractivity contribution in [1.29, 1.82) is 0 Å². The highest BCUT2D eigenvalue weighted by Gasteiger charge is 2.38. The molecule has 3 heteroatoms. The van der Waals surface area contributed by atoms with Crippen LogP contribution in [0.1, 0.15) is 100 Å². The lowest BCUT2D eigenvalue weighted by Crippen LogP contribution is -2.34. The number of hydrogen-bond donors (Lipinski definition) is 0. The molecule has 0 amide bonds. The molecule has 1 aromatic carbocycles. The van der Waals surface area contributed by atoms with Gasteiger partial charge in [0, 0.05) is 0 Å². The van der Waals surface area contributed by atoms with Crippen molar-refractivity contribution in [3.05, 3.63) is 47.0 Å². The van der Waals surface area contributed by atoms with Gasteiger partial charge >= 0.3 is 0 Å². The number of rotatable bonds is 8. The fraction of sp³-hybridized carbons (Fsp3) is 0.714. The smallest absolute Gasteiger partial charge is 0.162 e. The summed E-state index contributed by atoms with van der Waals surface area (Å²) in [5.41, 5.74) is 2.44. The summed E-state index contributed by atoms with van der Waals surface area (Å²) in [5, 5.41) is 0. The van der Waals surface area contributed by atoms with Crippen LogP contribution in [0.15, 0.2) is 18.7 Å². The lowest BCUT2D eigenvalue weighted by atomic mass is 9.65. The first kappa shape index (κ1) is 23.0. The zero-order valence-electron chi connectivity index (χ0n) is 19.3. The van der Waals surface area contributed by atoms with Crippen LogP contribution in [0.25, 0.3) is 0 Å². The Bertz CT molecular complexity index is 758. The number of ether oxygens (including phenoxy) is 1. The molecule has 0 N–H and O–H groups in total. The number of fused-ring (bicyclic) bond motifs is 2. The van der Waals surface area contributed by atoms with Crippen molar-refractivity contribution in [2.75, 3.05) is 6.61 Å². The highest BCUT2D eigenvalue weighted by molar-refractivity contribution is 5.38. The van der Waals surface area contributed by atoms with E-state index >= 15 is 8.78 Å². The molecule has 3 aliphatic carbocycles. The van der Waals surface area contributed by atoms with E-state index in [1.165, 1.54) is 19.3 Å². The summed E-state index contributed by atoms with van der Waals surface area (Å²) in [7, 11) is 0. The van der Waals surface area contributed by atoms with Crippen molar-refractivity contribution in [2.24, 2.45) is 17.8 Å². The lowest BCUT2D eigenvalue weighted by molar-refractivity contribution is -0.00327. The number of benzene rings is 1. The maximum Gasteiger partial charge on any atom is 0.162 e. The van der Waals surface area contributed by atoms with Crippen LogP contribution in [-0.4, -0.2) is 12.7 Å². The van der Waals surface area contributed by atoms with Gasteiger partial charge in [-0.2, -0.15) is 0 Å². The Morgan fingerprint density at radius 1 is 1.03 bits per heavy atom. The minimum atomic E-state index is -0.542. The lowest BCUT2D eigenvalue weighted by Gasteiger charge is -2.42. The molecule has 5 atom stereocenters. The molecule has 5 unspecified atom stereocenters. The van der Waals surface area contributed by atoms with Crippen LogP contribution in [0.5, 0.6) is 0 Å². The molecule has 31 heavy (non-hydrogen) atoms. The molecule has 0 aliphatic heterocycles. The Morgan fingerprint density at radius 2 is 1.84 bits per heavy atom. The maximum absolute atomic E-state index is 15.2. The van der Waals surface area contributed by atoms with Gasteiger partial charge in [0.05, 0.1) is 12.7 Å². The highest BCUT2D eigenvalue weighted by atomic mass is 19.2. The molecule has 0 radical (unpaired) electrons. The van der Waals surface area contributed by atoms with E-state index in [9.17, 15) is 0 Å². The minimum Gasteiger partial charge on any atom is -0.374 e. The van der Waals surface area contributed by atoms with Crippen molar-refractivity contribution >= 4 is 0 Å². The third-order valence-electron chi connectivity index (χ3n) is 8.41. The van der Waals surface area contributed by atoms with Crippen LogP contribution in [0.3, 0.4) is 0 Å². The average molecular weight is 431 g/mol. The van der Waals surface area contributed by atoms with Gasteiger partial charge in [-0.25, -0.2) is 8.78 Å². The van der Waals surface area contributed by atoms with E-state index < -0.39 is 11.6 Å². The normalized spacial score (nSPS) is 30.5. The van der Waals surface area contributed by atoms with Gasteiger partial charge in [0.1, 0.15) is 0 Å². The second kappa shape index (κ2) is 10.6. The fourth-order valence-electron chi connectivity index (χ4n) is 6.64. The van der Waals surface area contributed by atoms with Gasteiger partial charge in [-0.15, -0.1) is 6.58 Å². The summed E-state index contributed by atoms with van der Waals surface area (Å²) in [6.07, 6.45) is 16.2. The second-order valence-electron chi connectivity index (χ2n) is 10.4. The van der Waals surface area contributed by atoms with Gasteiger partial charge in [0.15, 0.2) is 11.6 Å². The van der Waals surface area contributed by atoms with Gasteiger partial charge in [-0.3, -0.25) is 0 Å². The topological polar surface area (TPSA) is 9.23 Å². The second-order valence-corrected chi connectivity index (χ2v) is 10.4. The highest BCUT2D eigenvalue weighted by Crippen LogP contribution is 2.48. The predicted octanol–water partition coefficient (Wildman–Crippen LogP) is 7.91. The van der Waals surface area contributed by atoms with Gasteiger partial charge in [-0.1, -0.05) is 44.7 Å². The Morgan fingerprint density at radius 3 is 2.65 bits per heavy atom. The van der Waals surface area contributed by atoms with Crippen LogP contribution >= 0.6 is 0 Å². The SMILES string of the molecule is C=CCOC1CCC2CC(c3cc4c(c(F)c3F)CC(CCCCC)CC4)CCC2C1. The van der Waals surface area contributed by atoms with E-state index in [0.29, 0.717) is 41.6 Å². The molecule has 2 fully saturated rings. The first-order valence-electron chi connectivity index (χ1n) is 12.8. The van der Waals surface area contributed by atoms with Gasteiger partial charge in [-0.05, 0) is 98.1 Å². The Labute approximate surface area is 187 Å². The van der Waals surface area contributed by atoms with Crippen molar-refractivity contribution in [2.45, 2.75) is 102 Å². The summed E-state index contributed by atoms with van der Waals surface area (Å²) in [6.45, 7) is 6.59. The largest absolute Gasteiger partial charge is 0.374 e. The van der Waals surface area contributed by atoms with Crippen LogP contribution in [0, 0.1) is 29.4 Å². The standard InChI is InChI=1S/C28H40F2O/c1-3-5-6-7-19-8-9-23-18-26(28(30)27(29)25(23)15-19)22-11-10-21-17-24(31-14-4-2)13-12-20(21)16-22/h4,18-22,24H,2-3,5-17H2,1H3. The molecule has 0 bridgehead atoms. The van der Waals surface area contributed by atoms with E-state index in [4.69, 9.17) is 4.74 Å². The summed E-state index contributed by atoms with van der Waals surface area (Å²) in [6, 6.07) is 2.06. The Kier molecular flexibility index (Phi) is 7.85. The summed E-state index contributed by atoms with van der Waals surface area (Å²) >= 11 is 0. The van der Waals surface area contributed by atoms with Crippen LogP contribution in [0.2, 0.25) is 0 Å². The number of halogens is 2. The maximum atomic E-state index is 15.2. The summed E-state index contributed by atoms with van der Waals surface area (Å²) in [4.78, 5) is 0. The van der Waals surface area contributed by atoms with Gasteiger partial charge in [0.25, 0.3) is 0 Å². The molecule has 0 aromatic heterocycles. The third kappa shape index (κ3) is 5.24. The molecule has 172 valence electrons. The molecule has 0 saturated heterocycles. The van der Waals surface area contributed by atoms with Crippen molar-refractivity contribution in [3.63, 3.8) is 0 Å². The average Bonchev–Trinajstić information content (AvgIpc) is 2.80. The number of unbranched alkanes of at least 4 members (excludes halogenated alkanes) is 2. The Hall–Kier alpha value is -1.22. The molecule has 0 spiro atoms. The fourth-order valence-corrected chi connectivity index (χ4v) is 6.64. The summed E-state index contributed by atoms with van der Waals surface area (Å²) < 4.78 is 36.3. The molecular formula is C28H40F2O. The van der Waals surface area contributed by atoms with Crippen molar-refractivity contribution in [3.8, 4) is 0 Å². The van der Waals surface area contributed by atoms with Crippen LogP contribution in [-0.2, 0) is 17.6 Å². The molecular weight excluding hydrogens is 390 g/mol. The molecule has 2 saturated carbocycles. The number of aryl methyl sites for hydroxylation is 1. The van der Waals surface area contributed by atoms with Crippen LogP contribution < -0.4 is 0 Å². The minimum absolute atomic E-state index is 0.175. The van der Waals surface area contributed by atoms with Crippen molar-refractivity contribution < 1.29 is 13.5 Å². The van der Waals surface area contributed by atoms with Gasteiger partial charge in [0.2, 0.25) is 0 Å². The zero-order valence-corrected chi connectivity index (χ0v) is 19.3. The van der Waals surface area contributed by atoms with Crippen molar-refractivity contribution in [1.82, 2.24) is 0 Å². The molecule has 3 aliphatic rings. The van der Waals surface area contributed by atoms with E-state index in [1.54, 1.807) is 0 Å². The third-order valence-corrected chi connectivity index (χ3v) is 8.41. The predicted molar refractivity (Wildman–Crippen MR) is 123 cm³/mol. The van der Waals surface area contributed by atoms with Gasteiger partial charge < -0.3 is 4.74 Å². The van der Waals surface area contributed by atoms with E-state index in [0.717, 1.165) is 69.8 Å². The Balaban J connectivity index is 1.42. The summed E-state index contributed by atoms with van der Waals surface area (Å²) in [5.74, 6) is 0.926. The first-order chi connectivity index (χ1) is 15.1. The monoisotopic (exact) mass is 430 g/mol. The molecule has 1 aromatic rings. The molecule has 4 rings (SSSR count). The van der Waals surface area contributed by atoms with E-state index in [-0.39, 0.29) is 5.92 Å². The van der Waals surface area contributed by atoms with E-state index in [1.807, 2.05) is 6.08 Å². The number of hydrogen-bond acceptors (Lipinski definition) is 1. The quantitative estimate of drug-likeness (QED) is 0.301. The van der Waals surface area contributed by atoms with Crippen LogP contribution in [0.4, 0.5) is 8.78 Å². The zero-order chi connectivity index (χ0) is 21.8. The van der Waals surface area contributed by atoms with E-state index in [2.05, 4.69) is 19.6 Å².